The van der Waals surface area contributed by atoms with Crippen molar-refractivity contribution in [1.82, 2.24) is 0 Å². The molecule has 0 radical (unpaired) electrons. The molecule has 0 atom stereocenters. The molecule has 112 valence electrons. The second-order valence-electron chi connectivity index (χ2n) is 4.90. The van der Waals surface area contributed by atoms with Crippen LogP contribution in [0.25, 0.3) is 10.8 Å². The molecule has 0 aromatic heterocycles. The van der Waals surface area contributed by atoms with Crippen molar-refractivity contribution >= 4 is 22.5 Å². The van der Waals surface area contributed by atoms with E-state index in [4.69, 9.17) is 4.74 Å². The number of benzene rings is 3. The fourth-order valence-electron chi connectivity index (χ4n) is 2.27. The number of rotatable bonds is 4. The third-order valence-electron chi connectivity index (χ3n) is 3.48. The summed E-state index contributed by atoms with van der Waals surface area (Å²) in [6, 6.07) is 16.7. The standard InChI is InChI=1S/C18H15FO2S/c1-21-14-8-6-12(7-9-14)11-22-16-10-13-4-2-3-5-15(13)18(20)17(16)19/h2-10,20H,11H2,1H3. The third kappa shape index (κ3) is 2.88. The SMILES string of the molecule is COc1ccc(CSc2cc3ccccc3c(O)c2F)cc1. The summed E-state index contributed by atoms with van der Waals surface area (Å²) in [4.78, 5) is 0.451. The molecular weight excluding hydrogens is 299 g/mol. The number of phenols is 1. The first kappa shape index (κ1) is 14.7. The average Bonchev–Trinajstić information content (AvgIpc) is 2.57. The quantitative estimate of drug-likeness (QED) is 0.688. The first-order valence-electron chi connectivity index (χ1n) is 6.85. The van der Waals surface area contributed by atoms with E-state index in [1.54, 1.807) is 25.3 Å². The van der Waals surface area contributed by atoms with Crippen molar-refractivity contribution in [2.75, 3.05) is 7.11 Å². The van der Waals surface area contributed by atoms with Gasteiger partial charge in [-0.2, -0.15) is 0 Å². The van der Waals surface area contributed by atoms with E-state index in [2.05, 4.69) is 0 Å². The molecule has 4 heteroatoms. The van der Waals surface area contributed by atoms with Gasteiger partial charge in [0, 0.05) is 16.0 Å². The third-order valence-corrected chi connectivity index (χ3v) is 4.57. The van der Waals surface area contributed by atoms with Crippen LogP contribution in [0.15, 0.2) is 59.5 Å². The van der Waals surface area contributed by atoms with Crippen molar-refractivity contribution in [1.29, 1.82) is 0 Å². The number of aromatic hydroxyl groups is 1. The molecule has 3 rings (SSSR count). The Hall–Kier alpha value is -2.20. The predicted molar refractivity (Wildman–Crippen MR) is 88.1 cm³/mol. The minimum absolute atomic E-state index is 0.282. The van der Waals surface area contributed by atoms with Gasteiger partial charge in [-0.1, -0.05) is 36.4 Å². The van der Waals surface area contributed by atoms with Crippen LogP contribution in [0.4, 0.5) is 4.39 Å². The zero-order chi connectivity index (χ0) is 15.5. The lowest BCUT2D eigenvalue weighted by Crippen LogP contribution is -1.88. The van der Waals surface area contributed by atoms with Gasteiger partial charge in [0.25, 0.3) is 0 Å². The molecule has 0 fully saturated rings. The van der Waals surface area contributed by atoms with Crippen molar-refractivity contribution in [2.24, 2.45) is 0 Å². The largest absolute Gasteiger partial charge is 0.504 e. The second kappa shape index (κ2) is 6.28. The summed E-state index contributed by atoms with van der Waals surface area (Å²) in [5.74, 6) is 0.578. The van der Waals surface area contributed by atoms with Gasteiger partial charge in [0.2, 0.25) is 0 Å². The lowest BCUT2D eigenvalue weighted by molar-refractivity contribution is 0.414. The maximum Gasteiger partial charge on any atom is 0.178 e. The summed E-state index contributed by atoms with van der Waals surface area (Å²) < 4.78 is 19.4. The normalized spacial score (nSPS) is 10.8. The van der Waals surface area contributed by atoms with E-state index < -0.39 is 5.82 Å². The summed E-state index contributed by atoms with van der Waals surface area (Å²) in [7, 11) is 1.62. The minimum atomic E-state index is -0.558. The van der Waals surface area contributed by atoms with E-state index in [-0.39, 0.29) is 5.75 Å². The van der Waals surface area contributed by atoms with E-state index in [1.165, 1.54) is 11.8 Å². The minimum Gasteiger partial charge on any atom is -0.504 e. The number of hydrogen-bond acceptors (Lipinski definition) is 3. The van der Waals surface area contributed by atoms with Crippen LogP contribution in [-0.4, -0.2) is 12.2 Å². The Bertz CT molecular complexity index is 800. The number of ether oxygens (including phenoxy) is 1. The molecule has 2 nitrogen and oxygen atoms in total. The summed E-state index contributed by atoms with van der Waals surface area (Å²) in [5.41, 5.74) is 1.07. The summed E-state index contributed by atoms with van der Waals surface area (Å²) in [6.07, 6.45) is 0. The first-order valence-corrected chi connectivity index (χ1v) is 7.83. The van der Waals surface area contributed by atoms with Crippen molar-refractivity contribution in [2.45, 2.75) is 10.6 Å². The van der Waals surface area contributed by atoms with Crippen molar-refractivity contribution < 1.29 is 14.2 Å². The van der Waals surface area contributed by atoms with Crippen LogP contribution in [0.3, 0.4) is 0 Å². The van der Waals surface area contributed by atoms with Gasteiger partial charge in [0.05, 0.1) is 7.11 Å². The fraction of sp³-hybridized carbons (Fsp3) is 0.111. The van der Waals surface area contributed by atoms with Gasteiger partial charge in [-0.05, 0) is 29.1 Å². The lowest BCUT2D eigenvalue weighted by Gasteiger charge is -2.09. The summed E-state index contributed by atoms with van der Waals surface area (Å²) in [6.45, 7) is 0. The Morgan fingerprint density at radius 2 is 1.82 bits per heavy atom. The molecule has 0 unspecified atom stereocenters. The Morgan fingerprint density at radius 3 is 2.55 bits per heavy atom. The topological polar surface area (TPSA) is 29.5 Å². The van der Waals surface area contributed by atoms with E-state index >= 15 is 0 Å². The monoisotopic (exact) mass is 314 g/mol. The zero-order valence-electron chi connectivity index (χ0n) is 12.0. The Morgan fingerprint density at radius 1 is 1.09 bits per heavy atom. The van der Waals surface area contributed by atoms with Gasteiger partial charge in [-0.3, -0.25) is 0 Å². The fourth-order valence-corrected chi connectivity index (χ4v) is 3.21. The highest BCUT2D eigenvalue weighted by molar-refractivity contribution is 7.98. The van der Waals surface area contributed by atoms with Gasteiger partial charge < -0.3 is 9.84 Å². The van der Waals surface area contributed by atoms with Crippen LogP contribution < -0.4 is 4.74 Å². The molecule has 0 aliphatic rings. The summed E-state index contributed by atoms with van der Waals surface area (Å²) in [5, 5.41) is 11.4. The highest BCUT2D eigenvalue weighted by atomic mass is 32.2. The van der Waals surface area contributed by atoms with Crippen molar-refractivity contribution in [3.8, 4) is 11.5 Å². The van der Waals surface area contributed by atoms with Crippen molar-refractivity contribution in [3.05, 3.63) is 66.0 Å². The van der Waals surface area contributed by atoms with E-state index in [1.807, 2.05) is 36.4 Å². The highest BCUT2D eigenvalue weighted by Gasteiger charge is 2.12. The van der Waals surface area contributed by atoms with Crippen LogP contribution in [0.1, 0.15) is 5.56 Å². The van der Waals surface area contributed by atoms with Gasteiger partial charge in [-0.25, -0.2) is 4.39 Å². The van der Waals surface area contributed by atoms with Gasteiger partial charge in [-0.15, -0.1) is 11.8 Å². The van der Waals surface area contributed by atoms with Crippen LogP contribution in [0.2, 0.25) is 0 Å². The number of fused-ring (bicyclic) bond motifs is 1. The van der Waals surface area contributed by atoms with E-state index in [9.17, 15) is 9.50 Å². The van der Waals surface area contributed by atoms with Crippen LogP contribution in [0.5, 0.6) is 11.5 Å². The smallest absolute Gasteiger partial charge is 0.178 e. The molecule has 1 N–H and O–H groups in total. The number of phenolic OH excluding ortho intramolecular Hbond substituents is 1. The van der Waals surface area contributed by atoms with Crippen molar-refractivity contribution in [3.63, 3.8) is 0 Å². The molecule has 0 amide bonds. The molecule has 0 spiro atoms. The molecular formula is C18H15FO2S. The molecule has 3 aromatic rings. The summed E-state index contributed by atoms with van der Waals surface area (Å²) >= 11 is 1.37. The molecule has 0 saturated carbocycles. The molecule has 0 saturated heterocycles. The van der Waals surface area contributed by atoms with Gasteiger partial charge in [0.15, 0.2) is 11.6 Å². The van der Waals surface area contributed by atoms with E-state index in [0.29, 0.717) is 16.0 Å². The van der Waals surface area contributed by atoms with Crippen LogP contribution >= 0.6 is 11.8 Å². The van der Waals surface area contributed by atoms with Gasteiger partial charge in [0.1, 0.15) is 5.75 Å². The number of hydrogen-bond donors (Lipinski definition) is 1. The van der Waals surface area contributed by atoms with Crippen LogP contribution in [-0.2, 0) is 5.75 Å². The first-order chi connectivity index (χ1) is 10.7. The Balaban J connectivity index is 1.85. The average molecular weight is 314 g/mol. The van der Waals surface area contributed by atoms with E-state index in [0.717, 1.165) is 16.7 Å². The number of methoxy groups -OCH3 is 1. The molecule has 0 bridgehead atoms. The maximum absolute atomic E-state index is 14.3. The van der Waals surface area contributed by atoms with Gasteiger partial charge >= 0.3 is 0 Å². The zero-order valence-corrected chi connectivity index (χ0v) is 12.9. The maximum atomic E-state index is 14.3. The Kier molecular flexibility index (Phi) is 4.20. The van der Waals surface area contributed by atoms with Crippen LogP contribution in [0, 0.1) is 5.82 Å². The number of halogens is 1. The molecule has 0 aliphatic carbocycles. The Labute approximate surface area is 132 Å². The predicted octanol–water partition coefficient (Wildman–Crippen LogP) is 4.99. The number of thioether (sulfide) groups is 1. The molecule has 22 heavy (non-hydrogen) atoms. The highest BCUT2D eigenvalue weighted by Crippen LogP contribution is 2.36. The second-order valence-corrected chi connectivity index (χ2v) is 5.91. The lowest BCUT2D eigenvalue weighted by atomic mass is 10.1. The molecule has 0 aliphatic heterocycles. The molecule has 3 aromatic carbocycles. The molecule has 0 heterocycles.